The van der Waals surface area contributed by atoms with Gasteiger partial charge in [-0.1, -0.05) is 31.5 Å². The van der Waals surface area contributed by atoms with Crippen molar-refractivity contribution >= 4 is 29.2 Å². The molecule has 0 spiro atoms. The summed E-state index contributed by atoms with van der Waals surface area (Å²) in [7, 11) is 0. The van der Waals surface area contributed by atoms with Crippen LogP contribution < -0.4 is 5.73 Å². The topological polar surface area (TPSA) is 49.9 Å². The van der Waals surface area contributed by atoms with Crippen LogP contribution in [0.1, 0.15) is 25.8 Å². The van der Waals surface area contributed by atoms with Crippen LogP contribution in [0.4, 0.5) is 0 Å². The van der Waals surface area contributed by atoms with Crippen LogP contribution in [0.25, 0.3) is 0 Å². The second-order valence-corrected chi connectivity index (χ2v) is 5.60. The molecule has 0 unspecified atom stereocenters. The van der Waals surface area contributed by atoms with E-state index in [-0.39, 0.29) is 5.84 Å². The fraction of sp³-hybridized carbons (Fsp3) is 0.417. The molecule has 1 aromatic rings. The lowest BCUT2D eigenvalue weighted by atomic mass is 10.2. The molecule has 0 saturated heterocycles. The number of hydrogen-bond donors (Lipinski definition) is 2. The number of nitrogen functional groups attached to an aromatic ring is 1. The molecule has 0 bridgehead atoms. The number of amidine groups is 1. The van der Waals surface area contributed by atoms with Crippen molar-refractivity contribution in [1.82, 2.24) is 0 Å². The van der Waals surface area contributed by atoms with E-state index in [0.29, 0.717) is 16.5 Å². The van der Waals surface area contributed by atoms with Crippen LogP contribution in [-0.2, 0) is 0 Å². The summed E-state index contributed by atoms with van der Waals surface area (Å²) < 4.78 is 0. The maximum atomic E-state index is 7.52. The predicted molar refractivity (Wildman–Crippen MR) is 72.6 cm³/mol. The summed E-state index contributed by atoms with van der Waals surface area (Å²) in [4.78, 5) is 1.00. The van der Waals surface area contributed by atoms with Gasteiger partial charge in [0.1, 0.15) is 5.84 Å². The zero-order valence-corrected chi connectivity index (χ0v) is 11.2. The largest absolute Gasteiger partial charge is 0.384 e. The fourth-order valence-corrected chi connectivity index (χ4v) is 2.97. The number of benzene rings is 1. The molecule has 0 atom stereocenters. The van der Waals surface area contributed by atoms with E-state index >= 15 is 0 Å². The van der Waals surface area contributed by atoms with Crippen LogP contribution in [0.2, 0.25) is 5.02 Å². The van der Waals surface area contributed by atoms with Crippen molar-refractivity contribution in [2.75, 3.05) is 5.75 Å². The van der Waals surface area contributed by atoms with Crippen molar-refractivity contribution in [3.05, 3.63) is 28.8 Å². The Balaban J connectivity index is 2.79. The number of nitrogens with one attached hydrogen (secondary N) is 1. The van der Waals surface area contributed by atoms with Crippen molar-refractivity contribution in [3.8, 4) is 0 Å². The first-order valence-corrected chi connectivity index (χ1v) is 6.64. The maximum Gasteiger partial charge on any atom is 0.125 e. The highest BCUT2D eigenvalue weighted by molar-refractivity contribution is 7.99. The molecule has 0 saturated carbocycles. The van der Waals surface area contributed by atoms with Gasteiger partial charge in [-0.05, 0) is 30.2 Å². The SMILES string of the molecule is CC(C)CCSc1cccc(Cl)c1C(=N)N. The molecule has 0 fully saturated rings. The van der Waals surface area contributed by atoms with Gasteiger partial charge in [0.15, 0.2) is 0 Å². The van der Waals surface area contributed by atoms with Crippen molar-refractivity contribution in [2.24, 2.45) is 11.7 Å². The van der Waals surface area contributed by atoms with Gasteiger partial charge in [0.05, 0.1) is 5.02 Å². The minimum absolute atomic E-state index is 0.0395. The summed E-state index contributed by atoms with van der Waals surface area (Å²) >= 11 is 7.74. The van der Waals surface area contributed by atoms with Gasteiger partial charge in [-0.3, -0.25) is 5.41 Å². The zero-order valence-electron chi connectivity index (χ0n) is 9.59. The molecule has 1 rings (SSSR count). The zero-order chi connectivity index (χ0) is 12.1. The van der Waals surface area contributed by atoms with E-state index in [1.807, 2.05) is 12.1 Å². The average Bonchev–Trinajstić information content (AvgIpc) is 2.16. The fourth-order valence-electron chi connectivity index (χ4n) is 1.29. The number of rotatable bonds is 5. The minimum atomic E-state index is 0.0395. The number of halogens is 1. The molecule has 16 heavy (non-hydrogen) atoms. The second kappa shape index (κ2) is 6.16. The molecule has 2 nitrogen and oxygen atoms in total. The highest BCUT2D eigenvalue weighted by Crippen LogP contribution is 2.29. The molecule has 4 heteroatoms. The summed E-state index contributed by atoms with van der Waals surface area (Å²) in [6.07, 6.45) is 1.15. The first kappa shape index (κ1) is 13.4. The third-order valence-corrected chi connectivity index (χ3v) is 3.60. The second-order valence-electron chi connectivity index (χ2n) is 4.06. The normalized spacial score (nSPS) is 10.8. The average molecular weight is 257 g/mol. The first-order valence-electron chi connectivity index (χ1n) is 5.28. The molecule has 0 aliphatic rings. The van der Waals surface area contributed by atoms with Crippen molar-refractivity contribution < 1.29 is 0 Å². The van der Waals surface area contributed by atoms with Gasteiger partial charge in [-0.2, -0.15) is 0 Å². The standard InChI is InChI=1S/C12H17ClN2S/c1-8(2)6-7-16-10-5-3-4-9(13)11(10)12(14)15/h3-5,8H,6-7H2,1-2H3,(H3,14,15). The first-order chi connectivity index (χ1) is 7.52. The summed E-state index contributed by atoms with van der Waals surface area (Å²) in [6.45, 7) is 4.40. The summed E-state index contributed by atoms with van der Waals surface area (Å²) in [6, 6.07) is 5.63. The van der Waals surface area contributed by atoms with Gasteiger partial charge in [0.2, 0.25) is 0 Å². The third-order valence-electron chi connectivity index (χ3n) is 2.20. The van der Waals surface area contributed by atoms with E-state index in [9.17, 15) is 0 Å². The summed E-state index contributed by atoms with van der Waals surface area (Å²) in [5.41, 5.74) is 6.20. The summed E-state index contributed by atoms with van der Waals surface area (Å²) in [5, 5.41) is 8.07. The molecule has 0 aliphatic heterocycles. The Bertz CT molecular complexity index is 377. The van der Waals surface area contributed by atoms with Crippen LogP contribution >= 0.6 is 23.4 Å². The van der Waals surface area contributed by atoms with E-state index in [1.54, 1.807) is 17.8 Å². The lowest BCUT2D eigenvalue weighted by molar-refractivity contribution is 0.632. The van der Waals surface area contributed by atoms with Gasteiger partial charge < -0.3 is 5.73 Å². The molecule has 0 amide bonds. The quantitative estimate of drug-likeness (QED) is 0.479. The monoisotopic (exact) mass is 256 g/mol. The Kier molecular flexibility index (Phi) is 5.16. The number of nitrogens with two attached hydrogens (primary N) is 1. The third kappa shape index (κ3) is 3.72. The molecular formula is C12H17ClN2S. The predicted octanol–water partition coefficient (Wildman–Crippen LogP) is 3.76. The minimum Gasteiger partial charge on any atom is -0.384 e. The molecular weight excluding hydrogens is 240 g/mol. The van der Waals surface area contributed by atoms with E-state index in [1.165, 1.54) is 0 Å². The van der Waals surface area contributed by atoms with Gasteiger partial charge in [-0.15, -0.1) is 11.8 Å². The lowest BCUT2D eigenvalue weighted by Crippen LogP contribution is -2.13. The van der Waals surface area contributed by atoms with Crippen molar-refractivity contribution in [1.29, 1.82) is 5.41 Å². The highest BCUT2D eigenvalue weighted by atomic mass is 35.5. The molecule has 0 aromatic heterocycles. The number of hydrogen-bond acceptors (Lipinski definition) is 2. The molecule has 0 radical (unpaired) electrons. The van der Waals surface area contributed by atoms with Gasteiger partial charge in [0.25, 0.3) is 0 Å². The molecule has 88 valence electrons. The Labute approximate surface area is 106 Å². The summed E-state index contributed by atoms with van der Waals surface area (Å²) in [5.74, 6) is 1.75. The molecule has 0 heterocycles. The van der Waals surface area contributed by atoms with E-state index in [4.69, 9.17) is 22.7 Å². The Morgan fingerprint density at radius 2 is 2.19 bits per heavy atom. The molecule has 1 aromatic carbocycles. The van der Waals surface area contributed by atoms with Crippen molar-refractivity contribution in [2.45, 2.75) is 25.2 Å². The smallest absolute Gasteiger partial charge is 0.125 e. The Hall–Kier alpha value is -0.670. The Morgan fingerprint density at radius 3 is 2.75 bits per heavy atom. The highest BCUT2D eigenvalue weighted by Gasteiger charge is 2.10. The van der Waals surface area contributed by atoms with Gasteiger partial charge >= 0.3 is 0 Å². The van der Waals surface area contributed by atoms with Crippen LogP contribution in [0.5, 0.6) is 0 Å². The van der Waals surface area contributed by atoms with Gasteiger partial charge in [-0.25, -0.2) is 0 Å². The Morgan fingerprint density at radius 1 is 1.50 bits per heavy atom. The van der Waals surface area contributed by atoms with E-state index in [2.05, 4.69) is 13.8 Å². The lowest BCUT2D eigenvalue weighted by Gasteiger charge is -2.10. The van der Waals surface area contributed by atoms with Crippen molar-refractivity contribution in [3.63, 3.8) is 0 Å². The van der Waals surface area contributed by atoms with Crippen LogP contribution in [0.15, 0.2) is 23.1 Å². The molecule has 0 aliphatic carbocycles. The maximum absolute atomic E-state index is 7.52. The van der Waals surface area contributed by atoms with Crippen LogP contribution in [-0.4, -0.2) is 11.6 Å². The van der Waals surface area contributed by atoms with Crippen LogP contribution in [0.3, 0.4) is 0 Å². The molecule has 3 N–H and O–H groups in total. The van der Waals surface area contributed by atoms with E-state index in [0.717, 1.165) is 17.1 Å². The van der Waals surface area contributed by atoms with Gasteiger partial charge in [0, 0.05) is 10.5 Å². The van der Waals surface area contributed by atoms with Crippen LogP contribution in [0, 0.1) is 11.3 Å². The number of thioether (sulfide) groups is 1. The van der Waals surface area contributed by atoms with E-state index < -0.39 is 0 Å².